The molecule has 27 heavy (non-hydrogen) atoms. The number of carbonyl (C=O) groups excluding carboxylic acids is 2. The predicted octanol–water partition coefficient (Wildman–Crippen LogP) is 3.76. The zero-order valence-corrected chi connectivity index (χ0v) is 16.1. The van der Waals surface area contributed by atoms with Gasteiger partial charge in [-0.15, -0.1) is 0 Å². The van der Waals surface area contributed by atoms with Crippen molar-refractivity contribution in [3.8, 4) is 0 Å². The van der Waals surface area contributed by atoms with Gasteiger partial charge in [0.15, 0.2) is 0 Å². The van der Waals surface area contributed by atoms with E-state index in [1.165, 1.54) is 11.0 Å². The van der Waals surface area contributed by atoms with Gasteiger partial charge in [0.2, 0.25) is 0 Å². The Morgan fingerprint density at radius 3 is 2.78 bits per heavy atom. The summed E-state index contributed by atoms with van der Waals surface area (Å²) in [5.74, 6) is -0.123. The first-order valence-electron chi connectivity index (χ1n) is 9.19. The van der Waals surface area contributed by atoms with Crippen LogP contribution in [0.2, 0.25) is 5.02 Å². The lowest BCUT2D eigenvalue weighted by atomic mass is 9.73. The monoisotopic (exact) mass is 388 g/mol. The number of hydrogen-bond donors (Lipinski definition) is 1. The third-order valence-corrected chi connectivity index (χ3v) is 6.35. The molecule has 0 bridgehead atoms. The number of fused-ring (bicyclic) bond motifs is 1. The Morgan fingerprint density at radius 2 is 2.04 bits per heavy atom. The highest BCUT2D eigenvalue weighted by atomic mass is 35.5. The molecule has 2 fully saturated rings. The molecule has 2 heterocycles. The first-order valence-corrected chi connectivity index (χ1v) is 9.56. The van der Waals surface area contributed by atoms with E-state index in [1.807, 2.05) is 13.8 Å². The average Bonchev–Trinajstić information content (AvgIpc) is 2.84. The Morgan fingerprint density at radius 1 is 1.26 bits per heavy atom. The van der Waals surface area contributed by atoms with Gasteiger partial charge in [0.05, 0.1) is 6.54 Å². The topological polar surface area (TPSA) is 79.6 Å². The third-order valence-electron chi connectivity index (χ3n) is 5.94. The molecule has 7 heteroatoms. The number of carbonyl (C=O) groups is 2. The molecule has 1 aromatic carbocycles. The summed E-state index contributed by atoms with van der Waals surface area (Å²) in [5, 5.41) is 4.09. The molecule has 0 unspecified atom stereocenters. The summed E-state index contributed by atoms with van der Waals surface area (Å²) in [4.78, 5) is 39.0. The van der Waals surface area contributed by atoms with E-state index in [0.29, 0.717) is 28.0 Å². The third kappa shape index (κ3) is 2.83. The van der Waals surface area contributed by atoms with Crippen LogP contribution in [0.3, 0.4) is 0 Å². The zero-order valence-electron chi connectivity index (χ0n) is 15.3. The fourth-order valence-electron chi connectivity index (χ4n) is 4.29. The van der Waals surface area contributed by atoms with Crippen LogP contribution in [0.5, 0.6) is 0 Å². The summed E-state index contributed by atoms with van der Waals surface area (Å²) < 4.78 is 5.26. The number of nitrogens with one attached hydrogen (secondary N) is 1. The second-order valence-electron chi connectivity index (χ2n) is 7.63. The van der Waals surface area contributed by atoms with E-state index in [4.69, 9.17) is 16.0 Å². The Bertz CT molecular complexity index is 1010. The standard InChI is InChI=1S/C20H21ClN2O4/c1-11-7-16-14(9-15(11)21)13(8-17(24)27-16)10-23-18(25)20(22-19(23)26)6-4-3-5-12(20)2/h7-9,12H,3-6,10H2,1-2H3,(H,22,26)/t12-,20-/m0/s1. The highest BCUT2D eigenvalue weighted by molar-refractivity contribution is 6.32. The Hall–Kier alpha value is -2.34. The number of hydrogen-bond acceptors (Lipinski definition) is 4. The minimum atomic E-state index is -0.821. The van der Waals surface area contributed by atoms with Gasteiger partial charge in [-0.3, -0.25) is 9.69 Å². The van der Waals surface area contributed by atoms with Gasteiger partial charge < -0.3 is 9.73 Å². The molecule has 1 aliphatic carbocycles. The molecule has 1 aliphatic heterocycles. The van der Waals surface area contributed by atoms with Crippen LogP contribution < -0.4 is 10.9 Å². The Kier molecular flexibility index (Phi) is 4.26. The smallest absolute Gasteiger partial charge is 0.336 e. The van der Waals surface area contributed by atoms with Crippen LogP contribution in [-0.4, -0.2) is 22.4 Å². The summed E-state index contributed by atoms with van der Waals surface area (Å²) >= 11 is 6.23. The van der Waals surface area contributed by atoms with Gasteiger partial charge in [-0.05, 0) is 48.9 Å². The van der Waals surface area contributed by atoms with Gasteiger partial charge in [-0.25, -0.2) is 9.59 Å². The van der Waals surface area contributed by atoms with E-state index in [9.17, 15) is 14.4 Å². The van der Waals surface area contributed by atoms with Crippen LogP contribution in [0.4, 0.5) is 4.79 Å². The molecule has 142 valence electrons. The van der Waals surface area contributed by atoms with Crippen LogP contribution in [0.1, 0.15) is 43.7 Å². The number of halogens is 1. The minimum absolute atomic E-state index is 0.0145. The number of nitrogens with zero attached hydrogens (tertiary/aromatic N) is 1. The second-order valence-corrected chi connectivity index (χ2v) is 8.04. The highest BCUT2D eigenvalue weighted by Gasteiger charge is 2.54. The van der Waals surface area contributed by atoms with Crippen molar-refractivity contribution in [3.05, 3.63) is 44.8 Å². The fourth-order valence-corrected chi connectivity index (χ4v) is 4.45. The van der Waals surface area contributed by atoms with Gasteiger partial charge in [0.1, 0.15) is 11.1 Å². The largest absolute Gasteiger partial charge is 0.423 e. The number of imide groups is 1. The average molecular weight is 389 g/mol. The lowest BCUT2D eigenvalue weighted by Crippen LogP contribution is -2.53. The van der Waals surface area contributed by atoms with Crippen molar-refractivity contribution < 1.29 is 14.0 Å². The lowest BCUT2D eigenvalue weighted by Gasteiger charge is -2.36. The zero-order chi connectivity index (χ0) is 19.3. The maximum absolute atomic E-state index is 13.2. The van der Waals surface area contributed by atoms with Gasteiger partial charge in [0, 0.05) is 16.5 Å². The molecule has 1 aromatic heterocycles. The molecule has 0 radical (unpaired) electrons. The maximum atomic E-state index is 13.2. The first kappa shape index (κ1) is 18.0. The molecule has 6 nitrogen and oxygen atoms in total. The van der Waals surface area contributed by atoms with Crippen molar-refractivity contribution in [2.24, 2.45) is 5.92 Å². The van der Waals surface area contributed by atoms with E-state index in [-0.39, 0.29) is 18.4 Å². The second kappa shape index (κ2) is 6.37. The molecule has 1 saturated carbocycles. The molecule has 1 spiro atoms. The Labute approximate surface area is 161 Å². The number of rotatable bonds is 2. The highest BCUT2D eigenvalue weighted by Crippen LogP contribution is 2.39. The molecule has 2 atom stereocenters. The molecular formula is C20H21ClN2O4. The Balaban J connectivity index is 1.74. The van der Waals surface area contributed by atoms with E-state index in [2.05, 4.69) is 5.32 Å². The SMILES string of the molecule is Cc1cc2oc(=O)cc(CN3C(=O)N[C@]4(CCCC[C@@H]4C)C3=O)c2cc1Cl. The van der Waals surface area contributed by atoms with Crippen LogP contribution in [0, 0.1) is 12.8 Å². The van der Waals surface area contributed by atoms with Crippen LogP contribution >= 0.6 is 11.6 Å². The molecule has 2 aromatic rings. The van der Waals surface area contributed by atoms with Crippen molar-refractivity contribution in [1.82, 2.24) is 10.2 Å². The molecule has 3 amide bonds. The molecule has 1 saturated heterocycles. The fraction of sp³-hybridized carbons (Fsp3) is 0.450. The number of amides is 3. The van der Waals surface area contributed by atoms with E-state index in [0.717, 1.165) is 24.8 Å². The van der Waals surface area contributed by atoms with Gasteiger partial charge in [-0.2, -0.15) is 0 Å². The summed E-state index contributed by atoms with van der Waals surface area (Å²) in [6.07, 6.45) is 3.54. The lowest BCUT2D eigenvalue weighted by molar-refractivity contribution is -0.134. The normalized spacial score (nSPS) is 25.4. The van der Waals surface area contributed by atoms with Gasteiger partial charge in [0.25, 0.3) is 5.91 Å². The number of aryl methyl sites for hydroxylation is 1. The summed E-state index contributed by atoms with van der Waals surface area (Å²) in [7, 11) is 0. The van der Waals surface area contributed by atoms with Gasteiger partial charge in [-0.1, -0.05) is 31.4 Å². The van der Waals surface area contributed by atoms with Crippen LogP contribution in [-0.2, 0) is 11.3 Å². The number of urea groups is 1. The maximum Gasteiger partial charge on any atom is 0.336 e. The summed E-state index contributed by atoms with van der Waals surface area (Å²) in [6, 6.07) is 4.32. The van der Waals surface area contributed by atoms with Crippen molar-refractivity contribution in [3.63, 3.8) is 0 Å². The van der Waals surface area contributed by atoms with E-state index < -0.39 is 17.2 Å². The van der Waals surface area contributed by atoms with Crippen LogP contribution in [0.25, 0.3) is 11.0 Å². The molecule has 1 N–H and O–H groups in total. The van der Waals surface area contributed by atoms with Crippen LogP contribution in [0.15, 0.2) is 27.4 Å². The van der Waals surface area contributed by atoms with Crippen molar-refractivity contribution >= 4 is 34.5 Å². The van der Waals surface area contributed by atoms with Crippen molar-refractivity contribution in [2.75, 3.05) is 0 Å². The molecule has 4 rings (SSSR count). The molecule has 2 aliphatic rings. The minimum Gasteiger partial charge on any atom is -0.423 e. The first-order chi connectivity index (χ1) is 12.8. The van der Waals surface area contributed by atoms with E-state index in [1.54, 1.807) is 12.1 Å². The summed E-state index contributed by atoms with van der Waals surface area (Å²) in [5.41, 5.74) is 0.388. The predicted molar refractivity (Wildman–Crippen MR) is 102 cm³/mol. The number of benzene rings is 1. The van der Waals surface area contributed by atoms with Crippen molar-refractivity contribution in [2.45, 2.75) is 51.6 Å². The molecular weight excluding hydrogens is 368 g/mol. The van der Waals surface area contributed by atoms with Crippen molar-refractivity contribution in [1.29, 1.82) is 0 Å². The van der Waals surface area contributed by atoms with Gasteiger partial charge >= 0.3 is 11.7 Å². The van der Waals surface area contributed by atoms with E-state index >= 15 is 0 Å². The summed E-state index contributed by atoms with van der Waals surface area (Å²) in [6.45, 7) is 3.84. The quantitative estimate of drug-likeness (QED) is 0.627.